The van der Waals surface area contributed by atoms with Crippen molar-refractivity contribution in [3.8, 4) is 0 Å². The fourth-order valence-corrected chi connectivity index (χ4v) is 1.71. The summed E-state index contributed by atoms with van der Waals surface area (Å²) in [5, 5.41) is 13.3. The van der Waals surface area contributed by atoms with Crippen LogP contribution in [0, 0.1) is 20.8 Å². The quantitative estimate of drug-likeness (QED) is 0.813. The highest BCUT2D eigenvalue weighted by molar-refractivity contribution is 5.77. The fraction of sp³-hybridized carbons (Fsp3) is 0.667. The lowest BCUT2D eigenvalue weighted by Crippen LogP contribution is -2.44. The molecule has 0 aliphatic carbocycles. The van der Waals surface area contributed by atoms with E-state index in [1.807, 2.05) is 25.5 Å². The molecule has 0 radical (unpaired) electrons. The van der Waals surface area contributed by atoms with Crippen LogP contribution in [0.2, 0.25) is 0 Å². The van der Waals surface area contributed by atoms with Crippen molar-refractivity contribution in [1.29, 1.82) is 0 Å². The van der Waals surface area contributed by atoms with Gasteiger partial charge in [0, 0.05) is 12.2 Å². The number of carboxylic acid groups (broad SMARTS) is 1. The number of carboxylic acids is 1. The second-order valence-electron chi connectivity index (χ2n) is 4.85. The van der Waals surface area contributed by atoms with Gasteiger partial charge < -0.3 is 10.8 Å². The first kappa shape index (κ1) is 13.7. The summed E-state index contributed by atoms with van der Waals surface area (Å²) in [5.41, 5.74) is 7.87. The molecular formula is C12H21N3O2. The minimum atomic E-state index is -1.15. The summed E-state index contributed by atoms with van der Waals surface area (Å²) in [5.74, 6) is -0.956. The van der Waals surface area contributed by atoms with Crippen molar-refractivity contribution >= 4 is 5.97 Å². The summed E-state index contributed by atoms with van der Waals surface area (Å²) < 4.78 is 1.92. The molecule has 1 heterocycles. The number of nitrogens with two attached hydrogens (primary N) is 1. The van der Waals surface area contributed by atoms with Crippen molar-refractivity contribution < 1.29 is 9.90 Å². The Morgan fingerprint density at radius 1 is 1.47 bits per heavy atom. The normalized spacial score (nSPS) is 14.6. The minimum Gasteiger partial charge on any atom is -0.480 e. The Kier molecular flexibility index (Phi) is 3.93. The maximum absolute atomic E-state index is 10.8. The Balaban J connectivity index is 2.57. The summed E-state index contributed by atoms with van der Waals surface area (Å²) in [6.45, 7) is 8.29. The molecule has 0 fully saturated rings. The Labute approximate surface area is 102 Å². The smallest absolute Gasteiger partial charge is 0.323 e. The topological polar surface area (TPSA) is 81.1 Å². The van der Waals surface area contributed by atoms with Crippen LogP contribution in [0.4, 0.5) is 0 Å². The first-order valence-electron chi connectivity index (χ1n) is 5.78. The largest absolute Gasteiger partial charge is 0.480 e. The van der Waals surface area contributed by atoms with E-state index >= 15 is 0 Å². The highest BCUT2D eigenvalue weighted by atomic mass is 16.4. The molecule has 0 amide bonds. The molecule has 1 aromatic rings. The van der Waals surface area contributed by atoms with E-state index in [1.165, 1.54) is 5.56 Å². The highest BCUT2D eigenvalue weighted by Crippen LogP contribution is 2.14. The highest BCUT2D eigenvalue weighted by Gasteiger charge is 2.27. The molecular weight excluding hydrogens is 218 g/mol. The van der Waals surface area contributed by atoms with Gasteiger partial charge in [-0.3, -0.25) is 9.48 Å². The lowest BCUT2D eigenvalue weighted by Gasteiger charge is -2.18. The van der Waals surface area contributed by atoms with Gasteiger partial charge in [-0.05, 0) is 46.1 Å². The van der Waals surface area contributed by atoms with Gasteiger partial charge in [0.15, 0.2) is 0 Å². The molecule has 0 bridgehead atoms. The van der Waals surface area contributed by atoms with Crippen LogP contribution in [-0.2, 0) is 11.3 Å². The van der Waals surface area contributed by atoms with Crippen molar-refractivity contribution in [2.75, 3.05) is 0 Å². The Morgan fingerprint density at radius 2 is 2.06 bits per heavy atom. The van der Waals surface area contributed by atoms with Crippen molar-refractivity contribution in [2.24, 2.45) is 5.73 Å². The Bertz CT molecular complexity index is 422. The molecule has 0 spiro atoms. The van der Waals surface area contributed by atoms with Crippen molar-refractivity contribution in [3.63, 3.8) is 0 Å². The molecule has 17 heavy (non-hydrogen) atoms. The molecule has 0 aliphatic heterocycles. The lowest BCUT2D eigenvalue weighted by molar-refractivity contribution is -0.142. The van der Waals surface area contributed by atoms with E-state index < -0.39 is 11.5 Å². The number of aromatic nitrogens is 2. The van der Waals surface area contributed by atoms with Gasteiger partial charge in [-0.2, -0.15) is 5.10 Å². The standard InChI is InChI=1S/C12H21N3O2/c1-8-9(2)14-15(10(8)3)7-5-6-12(4,13)11(16)17/h5-7,13H2,1-4H3,(H,16,17). The summed E-state index contributed by atoms with van der Waals surface area (Å²) in [7, 11) is 0. The Hall–Kier alpha value is -1.36. The number of carbonyl (C=O) groups is 1. The van der Waals surface area contributed by atoms with Crippen LogP contribution < -0.4 is 5.73 Å². The van der Waals surface area contributed by atoms with Gasteiger partial charge in [0.05, 0.1) is 5.69 Å². The van der Waals surface area contributed by atoms with Crippen LogP contribution >= 0.6 is 0 Å². The molecule has 5 nitrogen and oxygen atoms in total. The van der Waals surface area contributed by atoms with Gasteiger partial charge in [-0.25, -0.2) is 0 Å². The third-order valence-corrected chi connectivity index (χ3v) is 3.30. The summed E-state index contributed by atoms with van der Waals surface area (Å²) in [4.78, 5) is 10.8. The Morgan fingerprint density at radius 3 is 2.47 bits per heavy atom. The van der Waals surface area contributed by atoms with E-state index in [4.69, 9.17) is 10.8 Å². The van der Waals surface area contributed by atoms with E-state index in [-0.39, 0.29) is 0 Å². The molecule has 3 N–H and O–H groups in total. The zero-order valence-corrected chi connectivity index (χ0v) is 10.9. The second kappa shape index (κ2) is 4.87. The maximum atomic E-state index is 10.8. The van der Waals surface area contributed by atoms with Gasteiger partial charge in [-0.15, -0.1) is 0 Å². The monoisotopic (exact) mass is 239 g/mol. The number of aryl methyl sites for hydroxylation is 2. The molecule has 0 saturated heterocycles. The van der Waals surface area contributed by atoms with Crippen LogP contribution in [-0.4, -0.2) is 26.4 Å². The van der Waals surface area contributed by atoms with Crippen molar-refractivity contribution in [1.82, 2.24) is 9.78 Å². The van der Waals surface area contributed by atoms with E-state index in [1.54, 1.807) is 6.92 Å². The zero-order chi connectivity index (χ0) is 13.2. The molecule has 1 rings (SSSR count). The fourth-order valence-electron chi connectivity index (χ4n) is 1.71. The van der Waals surface area contributed by atoms with Crippen LogP contribution in [0.5, 0.6) is 0 Å². The zero-order valence-electron chi connectivity index (χ0n) is 10.9. The predicted octanol–water partition coefficient (Wildman–Crippen LogP) is 1.39. The third kappa shape index (κ3) is 3.06. The third-order valence-electron chi connectivity index (χ3n) is 3.30. The van der Waals surface area contributed by atoms with E-state index in [9.17, 15) is 4.79 Å². The number of hydrogen-bond acceptors (Lipinski definition) is 3. The van der Waals surface area contributed by atoms with Gasteiger partial charge in [0.2, 0.25) is 0 Å². The maximum Gasteiger partial charge on any atom is 0.323 e. The van der Waals surface area contributed by atoms with Crippen LogP contribution in [0.3, 0.4) is 0 Å². The van der Waals surface area contributed by atoms with Gasteiger partial charge in [0.25, 0.3) is 0 Å². The molecule has 1 atom stereocenters. The first-order chi connectivity index (χ1) is 7.75. The van der Waals surface area contributed by atoms with Crippen LogP contribution in [0.15, 0.2) is 0 Å². The van der Waals surface area contributed by atoms with E-state index in [2.05, 4.69) is 5.10 Å². The van der Waals surface area contributed by atoms with E-state index in [0.717, 1.165) is 11.4 Å². The lowest BCUT2D eigenvalue weighted by atomic mass is 9.97. The van der Waals surface area contributed by atoms with Crippen LogP contribution in [0.25, 0.3) is 0 Å². The average Bonchev–Trinajstić information content (AvgIpc) is 2.46. The molecule has 0 aliphatic rings. The first-order valence-corrected chi connectivity index (χ1v) is 5.78. The number of nitrogens with zero attached hydrogens (tertiary/aromatic N) is 2. The molecule has 1 unspecified atom stereocenters. The van der Waals surface area contributed by atoms with Gasteiger partial charge in [-0.1, -0.05) is 0 Å². The van der Waals surface area contributed by atoms with Gasteiger partial charge >= 0.3 is 5.97 Å². The molecule has 5 heteroatoms. The predicted molar refractivity (Wildman–Crippen MR) is 65.9 cm³/mol. The van der Waals surface area contributed by atoms with Crippen molar-refractivity contribution in [2.45, 2.75) is 52.6 Å². The summed E-state index contributed by atoms with van der Waals surface area (Å²) in [6.07, 6.45) is 1.15. The second-order valence-corrected chi connectivity index (χ2v) is 4.85. The number of aliphatic carboxylic acids is 1. The van der Waals surface area contributed by atoms with Crippen molar-refractivity contribution in [3.05, 3.63) is 17.0 Å². The number of rotatable bonds is 5. The van der Waals surface area contributed by atoms with Crippen LogP contribution in [0.1, 0.15) is 36.7 Å². The average molecular weight is 239 g/mol. The summed E-state index contributed by atoms with van der Waals surface area (Å²) in [6, 6.07) is 0. The SMILES string of the molecule is Cc1nn(CCCC(C)(N)C(=O)O)c(C)c1C. The minimum absolute atomic E-state index is 0.444. The van der Waals surface area contributed by atoms with E-state index in [0.29, 0.717) is 19.4 Å². The molecule has 0 saturated carbocycles. The molecule has 1 aromatic heterocycles. The van der Waals surface area contributed by atoms with Gasteiger partial charge in [0.1, 0.15) is 5.54 Å². The summed E-state index contributed by atoms with van der Waals surface area (Å²) >= 11 is 0. The molecule has 0 aromatic carbocycles. The number of hydrogen-bond donors (Lipinski definition) is 2. The molecule has 96 valence electrons.